The van der Waals surface area contributed by atoms with Crippen molar-refractivity contribution in [2.75, 3.05) is 16.9 Å². The molecule has 3 aromatic rings. The van der Waals surface area contributed by atoms with E-state index in [0.717, 1.165) is 11.3 Å². The molecule has 0 unspecified atom stereocenters. The van der Waals surface area contributed by atoms with Crippen LogP contribution < -0.4 is 11.2 Å². The maximum Gasteiger partial charge on any atom is 0.236 e. The van der Waals surface area contributed by atoms with Gasteiger partial charge in [-0.1, -0.05) is 42.1 Å². The van der Waals surface area contributed by atoms with Gasteiger partial charge in [0.15, 0.2) is 5.13 Å². The zero-order valence-corrected chi connectivity index (χ0v) is 13.0. The van der Waals surface area contributed by atoms with E-state index in [1.54, 1.807) is 0 Å². The molecule has 1 amide bonds. The minimum absolute atomic E-state index is 0.165. The van der Waals surface area contributed by atoms with E-state index in [2.05, 4.69) is 20.5 Å². The van der Waals surface area contributed by atoms with Crippen molar-refractivity contribution in [1.29, 1.82) is 0 Å². The SMILES string of the molecule is Nn1cnnc1SCC(=O)Nc1nc(-c2ccccc2)cs1. The lowest BCUT2D eigenvalue weighted by atomic mass is 10.2. The lowest BCUT2D eigenvalue weighted by Gasteiger charge is -2.01. The van der Waals surface area contributed by atoms with E-state index in [-0.39, 0.29) is 11.7 Å². The van der Waals surface area contributed by atoms with E-state index in [4.69, 9.17) is 5.84 Å². The highest BCUT2D eigenvalue weighted by molar-refractivity contribution is 7.99. The van der Waals surface area contributed by atoms with E-state index in [9.17, 15) is 4.79 Å². The molecular formula is C13H12N6OS2. The highest BCUT2D eigenvalue weighted by Gasteiger charge is 2.10. The number of carbonyl (C=O) groups is 1. The molecule has 0 bridgehead atoms. The molecule has 2 heterocycles. The average Bonchev–Trinajstić information content (AvgIpc) is 3.15. The molecular weight excluding hydrogens is 320 g/mol. The van der Waals surface area contributed by atoms with Crippen molar-refractivity contribution in [3.63, 3.8) is 0 Å². The Kier molecular flexibility index (Phi) is 4.35. The van der Waals surface area contributed by atoms with Crippen LogP contribution in [0.25, 0.3) is 11.3 Å². The van der Waals surface area contributed by atoms with Crippen molar-refractivity contribution in [3.05, 3.63) is 42.0 Å². The first-order valence-corrected chi connectivity index (χ1v) is 8.17. The number of anilines is 1. The Morgan fingerprint density at radius 1 is 1.36 bits per heavy atom. The number of benzene rings is 1. The Morgan fingerprint density at radius 3 is 2.91 bits per heavy atom. The number of hydrogen-bond donors (Lipinski definition) is 2. The first-order valence-electron chi connectivity index (χ1n) is 6.31. The fraction of sp³-hybridized carbons (Fsp3) is 0.0769. The Morgan fingerprint density at radius 2 is 2.18 bits per heavy atom. The third-order valence-electron chi connectivity index (χ3n) is 2.69. The number of hydrogen-bond acceptors (Lipinski definition) is 7. The first-order chi connectivity index (χ1) is 10.7. The molecule has 3 rings (SSSR count). The molecule has 0 fully saturated rings. The number of amides is 1. The molecule has 3 N–H and O–H groups in total. The summed E-state index contributed by atoms with van der Waals surface area (Å²) in [6, 6.07) is 9.81. The van der Waals surface area contributed by atoms with Crippen LogP contribution in [0.2, 0.25) is 0 Å². The molecule has 0 saturated carbocycles. The van der Waals surface area contributed by atoms with Crippen LogP contribution in [0, 0.1) is 0 Å². The van der Waals surface area contributed by atoms with Gasteiger partial charge in [-0.05, 0) is 0 Å². The molecule has 0 aliphatic heterocycles. The number of carbonyl (C=O) groups excluding carboxylic acids is 1. The van der Waals surface area contributed by atoms with E-state index < -0.39 is 0 Å². The highest BCUT2D eigenvalue weighted by atomic mass is 32.2. The van der Waals surface area contributed by atoms with Crippen LogP contribution in [-0.2, 0) is 4.79 Å². The summed E-state index contributed by atoms with van der Waals surface area (Å²) in [5.74, 6) is 5.60. The van der Waals surface area contributed by atoms with Gasteiger partial charge in [0.25, 0.3) is 0 Å². The van der Waals surface area contributed by atoms with Gasteiger partial charge >= 0.3 is 0 Å². The summed E-state index contributed by atoms with van der Waals surface area (Å²) in [6.45, 7) is 0. The maximum atomic E-state index is 11.9. The van der Waals surface area contributed by atoms with Crippen molar-refractivity contribution >= 4 is 34.1 Å². The van der Waals surface area contributed by atoms with Gasteiger partial charge in [-0.2, -0.15) is 0 Å². The zero-order valence-electron chi connectivity index (χ0n) is 11.3. The van der Waals surface area contributed by atoms with Crippen molar-refractivity contribution < 1.29 is 4.79 Å². The molecule has 1 aromatic carbocycles. The number of nitrogens with two attached hydrogens (primary N) is 1. The van der Waals surface area contributed by atoms with Gasteiger partial charge in [-0.25, -0.2) is 9.66 Å². The van der Waals surface area contributed by atoms with Gasteiger partial charge in [-0.3, -0.25) is 4.79 Å². The second-order valence-corrected chi connectivity index (χ2v) is 6.06. The van der Waals surface area contributed by atoms with Gasteiger partial charge in [0.05, 0.1) is 11.4 Å². The quantitative estimate of drug-likeness (QED) is 0.546. The van der Waals surface area contributed by atoms with Gasteiger partial charge < -0.3 is 11.2 Å². The standard InChI is InChI=1S/C13H12N6OS2/c14-19-8-15-18-13(19)22-7-11(20)17-12-16-10(6-21-12)9-4-2-1-3-5-9/h1-6,8H,7,14H2,(H,16,17,20). The minimum atomic E-state index is -0.165. The zero-order chi connectivity index (χ0) is 15.4. The Hall–Kier alpha value is -2.39. The van der Waals surface area contributed by atoms with Crippen LogP contribution in [0.1, 0.15) is 0 Å². The molecule has 0 aliphatic rings. The summed E-state index contributed by atoms with van der Waals surface area (Å²) in [5, 5.41) is 13.2. The van der Waals surface area contributed by atoms with Crippen molar-refractivity contribution in [3.8, 4) is 11.3 Å². The first kappa shape index (κ1) is 14.5. The van der Waals surface area contributed by atoms with Crippen LogP contribution in [-0.4, -0.2) is 31.5 Å². The van der Waals surface area contributed by atoms with Gasteiger partial charge in [0.2, 0.25) is 11.1 Å². The van der Waals surface area contributed by atoms with Crippen LogP contribution in [0.15, 0.2) is 47.2 Å². The molecule has 0 aliphatic carbocycles. The number of nitrogens with one attached hydrogen (secondary N) is 1. The van der Waals surface area contributed by atoms with Crippen LogP contribution >= 0.6 is 23.1 Å². The number of nitrogens with zero attached hydrogens (tertiary/aromatic N) is 4. The number of thioether (sulfide) groups is 1. The Labute approximate surface area is 134 Å². The summed E-state index contributed by atoms with van der Waals surface area (Å²) in [5.41, 5.74) is 1.86. The molecule has 7 nitrogen and oxygen atoms in total. The second kappa shape index (κ2) is 6.58. The number of aromatic nitrogens is 4. The molecule has 9 heteroatoms. The summed E-state index contributed by atoms with van der Waals surface area (Å²) >= 11 is 2.60. The lowest BCUT2D eigenvalue weighted by Crippen LogP contribution is -2.15. The number of nitrogen functional groups attached to an aromatic ring is 1. The van der Waals surface area contributed by atoms with Crippen LogP contribution in [0.4, 0.5) is 5.13 Å². The predicted molar refractivity (Wildman–Crippen MR) is 87.1 cm³/mol. The molecule has 0 atom stereocenters. The molecule has 0 radical (unpaired) electrons. The third-order valence-corrected chi connectivity index (χ3v) is 4.41. The topological polar surface area (TPSA) is 98.7 Å². The molecule has 2 aromatic heterocycles. The van der Waals surface area contributed by atoms with Gasteiger partial charge in [0.1, 0.15) is 6.33 Å². The molecule has 112 valence electrons. The van der Waals surface area contributed by atoms with Crippen molar-refractivity contribution in [2.24, 2.45) is 0 Å². The van der Waals surface area contributed by atoms with Gasteiger partial charge in [0, 0.05) is 10.9 Å². The largest absolute Gasteiger partial charge is 0.336 e. The Balaban J connectivity index is 1.58. The third kappa shape index (κ3) is 3.43. The summed E-state index contributed by atoms with van der Waals surface area (Å²) in [6.07, 6.45) is 1.38. The van der Waals surface area contributed by atoms with E-state index in [1.807, 2.05) is 35.7 Å². The minimum Gasteiger partial charge on any atom is -0.336 e. The molecule has 0 spiro atoms. The average molecular weight is 332 g/mol. The number of rotatable bonds is 5. The smallest absolute Gasteiger partial charge is 0.236 e. The van der Waals surface area contributed by atoms with Crippen molar-refractivity contribution in [2.45, 2.75) is 5.16 Å². The number of thiazole rings is 1. The van der Waals surface area contributed by atoms with E-state index in [0.29, 0.717) is 10.3 Å². The fourth-order valence-electron chi connectivity index (χ4n) is 1.69. The summed E-state index contributed by atoms with van der Waals surface area (Å²) in [7, 11) is 0. The molecule has 22 heavy (non-hydrogen) atoms. The monoisotopic (exact) mass is 332 g/mol. The van der Waals surface area contributed by atoms with Crippen LogP contribution in [0.3, 0.4) is 0 Å². The fourth-order valence-corrected chi connectivity index (χ4v) is 3.06. The van der Waals surface area contributed by atoms with E-state index in [1.165, 1.54) is 34.1 Å². The summed E-state index contributed by atoms with van der Waals surface area (Å²) in [4.78, 5) is 16.3. The maximum absolute atomic E-state index is 11.9. The van der Waals surface area contributed by atoms with Gasteiger partial charge in [-0.15, -0.1) is 21.5 Å². The normalized spacial score (nSPS) is 10.5. The lowest BCUT2D eigenvalue weighted by molar-refractivity contribution is -0.113. The highest BCUT2D eigenvalue weighted by Crippen LogP contribution is 2.24. The molecule has 0 saturated heterocycles. The van der Waals surface area contributed by atoms with E-state index >= 15 is 0 Å². The van der Waals surface area contributed by atoms with Crippen molar-refractivity contribution in [1.82, 2.24) is 19.9 Å². The summed E-state index contributed by atoms with van der Waals surface area (Å²) < 4.78 is 1.27. The predicted octanol–water partition coefficient (Wildman–Crippen LogP) is 1.85. The second-order valence-electron chi connectivity index (χ2n) is 4.26. The Bertz CT molecular complexity index is 770. The van der Waals surface area contributed by atoms with Crippen LogP contribution in [0.5, 0.6) is 0 Å².